The van der Waals surface area contributed by atoms with Crippen molar-refractivity contribution in [1.29, 1.82) is 0 Å². The van der Waals surface area contributed by atoms with Crippen molar-refractivity contribution < 1.29 is 29.4 Å². The van der Waals surface area contributed by atoms with Gasteiger partial charge in [-0.3, -0.25) is 14.4 Å². The summed E-state index contributed by atoms with van der Waals surface area (Å²) in [5, 5.41) is 19.8. The van der Waals surface area contributed by atoms with E-state index in [1.54, 1.807) is 12.1 Å². The number of hydrogen-bond acceptors (Lipinski definition) is 4. The van der Waals surface area contributed by atoms with Crippen LogP contribution in [-0.2, 0) is 19.2 Å². The molecule has 1 aromatic carbocycles. The summed E-state index contributed by atoms with van der Waals surface area (Å²) in [5.41, 5.74) is 1.71. The molecule has 1 heterocycles. The summed E-state index contributed by atoms with van der Waals surface area (Å²) in [6.07, 6.45) is -0.761. The Morgan fingerprint density at radius 2 is 1.88 bits per heavy atom. The van der Waals surface area contributed by atoms with Crippen molar-refractivity contribution in [2.24, 2.45) is 5.92 Å². The summed E-state index contributed by atoms with van der Waals surface area (Å²) in [6, 6.07) is 5.74. The van der Waals surface area contributed by atoms with E-state index in [9.17, 15) is 19.2 Å². The lowest BCUT2D eigenvalue weighted by molar-refractivity contribution is -0.147. The third-order valence-electron chi connectivity index (χ3n) is 3.83. The van der Waals surface area contributed by atoms with E-state index in [0.717, 1.165) is 5.56 Å². The van der Waals surface area contributed by atoms with Crippen LogP contribution < -0.4 is 10.2 Å². The lowest BCUT2D eigenvalue weighted by Gasteiger charge is -2.18. The second-order valence-corrected chi connectivity index (χ2v) is 5.74. The van der Waals surface area contributed by atoms with Gasteiger partial charge in [-0.2, -0.15) is 0 Å². The van der Waals surface area contributed by atoms with Crippen LogP contribution in [-0.4, -0.2) is 46.6 Å². The van der Waals surface area contributed by atoms with Gasteiger partial charge >= 0.3 is 11.9 Å². The lowest BCUT2D eigenvalue weighted by atomic mass is 10.1. The first kappa shape index (κ1) is 17.5. The molecule has 128 valence electrons. The topological polar surface area (TPSA) is 124 Å². The van der Waals surface area contributed by atoms with Crippen LogP contribution in [0.3, 0.4) is 0 Å². The molecule has 0 aliphatic carbocycles. The molecule has 1 aromatic rings. The van der Waals surface area contributed by atoms with Gasteiger partial charge in [-0.15, -0.1) is 0 Å². The first-order chi connectivity index (χ1) is 11.3. The maximum Gasteiger partial charge on any atom is 0.326 e. The fourth-order valence-corrected chi connectivity index (χ4v) is 2.52. The highest BCUT2D eigenvalue weighted by Crippen LogP contribution is 2.25. The summed E-state index contributed by atoms with van der Waals surface area (Å²) in [4.78, 5) is 47.4. The Morgan fingerprint density at radius 3 is 2.42 bits per heavy atom. The van der Waals surface area contributed by atoms with Crippen molar-refractivity contribution >= 4 is 29.4 Å². The number of rotatable bonds is 6. The van der Waals surface area contributed by atoms with E-state index in [-0.39, 0.29) is 18.9 Å². The molecule has 0 aromatic heterocycles. The average Bonchev–Trinajstić information content (AvgIpc) is 2.89. The first-order valence-electron chi connectivity index (χ1n) is 7.40. The molecule has 24 heavy (non-hydrogen) atoms. The molecule has 2 atom stereocenters. The molecular weight excluding hydrogens is 316 g/mol. The SMILES string of the molecule is Cc1ccc(N2CC(C(=O)NC(CC(=O)O)C(=O)O)CC2=O)cc1. The Morgan fingerprint density at radius 1 is 1.25 bits per heavy atom. The number of carboxylic acids is 2. The number of benzene rings is 1. The quantitative estimate of drug-likeness (QED) is 0.691. The zero-order chi connectivity index (χ0) is 17.9. The van der Waals surface area contributed by atoms with Gasteiger partial charge in [-0.25, -0.2) is 4.79 Å². The number of nitrogens with one attached hydrogen (secondary N) is 1. The lowest BCUT2D eigenvalue weighted by Crippen LogP contribution is -2.45. The van der Waals surface area contributed by atoms with Crippen LogP contribution in [0.1, 0.15) is 18.4 Å². The monoisotopic (exact) mass is 334 g/mol. The van der Waals surface area contributed by atoms with Gasteiger partial charge < -0.3 is 20.4 Å². The molecule has 1 aliphatic heterocycles. The number of carboxylic acid groups (broad SMARTS) is 2. The predicted molar refractivity (Wildman–Crippen MR) is 83.5 cm³/mol. The highest BCUT2D eigenvalue weighted by molar-refractivity contribution is 6.01. The second kappa shape index (κ2) is 7.12. The minimum atomic E-state index is -1.52. The van der Waals surface area contributed by atoms with Crippen LogP contribution in [0.2, 0.25) is 0 Å². The third-order valence-corrected chi connectivity index (χ3v) is 3.83. The van der Waals surface area contributed by atoms with Crippen molar-refractivity contribution in [3.8, 4) is 0 Å². The molecule has 0 saturated carbocycles. The molecule has 0 radical (unpaired) electrons. The molecule has 2 unspecified atom stereocenters. The van der Waals surface area contributed by atoms with E-state index >= 15 is 0 Å². The number of anilines is 1. The van der Waals surface area contributed by atoms with Gasteiger partial charge in [0.25, 0.3) is 0 Å². The Hall–Kier alpha value is -2.90. The van der Waals surface area contributed by atoms with Gasteiger partial charge in [-0.05, 0) is 19.1 Å². The van der Waals surface area contributed by atoms with Gasteiger partial charge in [-0.1, -0.05) is 17.7 Å². The zero-order valence-electron chi connectivity index (χ0n) is 13.1. The van der Waals surface area contributed by atoms with Gasteiger partial charge in [0.05, 0.1) is 12.3 Å². The summed E-state index contributed by atoms with van der Waals surface area (Å²) in [5.74, 6) is -4.33. The van der Waals surface area contributed by atoms with Gasteiger partial charge in [0, 0.05) is 18.7 Å². The van der Waals surface area contributed by atoms with Gasteiger partial charge in [0.15, 0.2) is 0 Å². The van der Waals surface area contributed by atoms with Gasteiger partial charge in [0.2, 0.25) is 11.8 Å². The number of carbonyl (C=O) groups is 4. The number of aryl methyl sites for hydroxylation is 1. The minimum Gasteiger partial charge on any atom is -0.481 e. The number of carbonyl (C=O) groups excluding carboxylic acids is 2. The molecule has 1 aliphatic rings. The molecule has 2 rings (SSSR count). The van der Waals surface area contributed by atoms with E-state index in [0.29, 0.717) is 5.69 Å². The van der Waals surface area contributed by atoms with Crippen LogP contribution in [0.25, 0.3) is 0 Å². The molecule has 1 fully saturated rings. The number of hydrogen-bond donors (Lipinski definition) is 3. The molecule has 3 N–H and O–H groups in total. The molecule has 2 amide bonds. The Kier molecular flexibility index (Phi) is 5.18. The van der Waals surface area contributed by atoms with Crippen LogP contribution in [0.4, 0.5) is 5.69 Å². The molecular formula is C16H18N2O6. The third kappa shape index (κ3) is 4.09. The Bertz CT molecular complexity index is 670. The summed E-state index contributed by atoms with van der Waals surface area (Å²) in [7, 11) is 0. The van der Waals surface area contributed by atoms with E-state index < -0.39 is 36.2 Å². The summed E-state index contributed by atoms with van der Waals surface area (Å²) in [6.45, 7) is 2.05. The Labute approximate surface area is 138 Å². The highest BCUT2D eigenvalue weighted by Gasteiger charge is 2.36. The van der Waals surface area contributed by atoms with Crippen LogP contribution in [0.15, 0.2) is 24.3 Å². The van der Waals surface area contributed by atoms with E-state index in [1.807, 2.05) is 19.1 Å². The Balaban J connectivity index is 2.04. The minimum absolute atomic E-state index is 0.0425. The largest absolute Gasteiger partial charge is 0.481 e. The molecule has 0 bridgehead atoms. The second-order valence-electron chi connectivity index (χ2n) is 5.74. The van der Waals surface area contributed by atoms with Crippen molar-refractivity contribution in [3.05, 3.63) is 29.8 Å². The number of aliphatic carboxylic acids is 2. The van der Waals surface area contributed by atoms with Crippen molar-refractivity contribution in [3.63, 3.8) is 0 Å². The van der Waals surface area contributed by atoms with E-state index in [2.05, 4.69) is 5.32 Å². The van der Waals surface area contributed by atoms with Crippen LogP contribution in [0, 0.1) is 12.8 Å². The normalized spacial score (nSPS) is 18.3. The molecule has 8 nitrogen and oxygen atoms in total. The maximum absolute atomic E-state index is 12.2. The fourth-order valence-electron chi connectivity index (χ4n) is 2.52. The summed E-state index contributed by atoms with van der Waals surface area (Å²) < 4.78 is 0. The number of nitrogens with zero attached hydrogens (tertiary/aromatic N) is 1. The fraction of sp³-hybridized carbons (Fsp3) is 0.375. The van der Waals surface area contributed by atoms with Crippen molar-refractivity contribution in [1.82, 2.24) is 5.32 Å². The van der Waals surface area contributed by atoms with Crippen LogP contribution >= 0.6 is 0 Å². The summed E-state index contributed by atoms with van der Waals surface area (Å²) >= 11 is 0. The van der Waals surface area contributed by atoms with Crippen LogP contribution in [0.5, 0.6) is 0 Å². The zero-order valence-corrected chi connectivity index (χ0v) is 13.1. The van der Waals surface area contributed by atoms with Gasteiger partial charge in [0.1, 0.15) is 6.04 Å². The molecule has 8 heteroatoms. The smallest absolute Gasteiger partial charge is 0.326 e. The molecule has 1 saturated heterocycles. The standard InChI is InChI=1S/C16H18N2O6/c1-9-2-4-11(5-3-9)18-8-10(6-13(18)19)15(22)17-12(16(23)24)7-14(20)21/h2-5,10,12H,6-8H2,1H3,(H,17,22)(H,20,21)(H,23,24). The van der Waals surface area contributed by atoms with Crippen molar-refractivity contribution in [2.45, 2.75) is 25.8 Å². The first-order valence-corrected chi connectivity index (χ1v) is 7.40. The molecule has 0 spiro atoms. The number of amides is 2. The highest BCUT2D eigenvalue weighted by atomic mass is 16.4. The van der Waals surface area contributed by atoms with E-state index in [4.69, 9.17) is 10.2 Å². The predicted octanol–water partition coefficient (Wildman–Crippen LogP) is 0.392. The maximum atomic E-state index is 12.2. The average molecular weight is 334 g/mol. The van der Waals surface area contributed by atoms with Crippen molar-refractivity contribution in [2.75, 3.05) is 11.4 Å². The van der Waals surface area contributed by atoms with E-state index in [1.165, 1.54) is 4.90 Å².